The smallest absolute Gasteiger partial charge is 0.432 e. The number of nitrogens with one attached hydrogen (secondary N) is 2. The lowest BCUT2D eigenvalue weighted by Gasteiger charge is -2.32. The second-order valence-electron chi connectivity index (χ2n) is 9.94. The lowest BCUT2D eigenvalue weighted by molar-refractivity contribution is -0.0583. The number of thiophene rings is 1. The summed E-state index contributed by atoms with van der Waals surface area (Å²) in [6, 6.07) is 15.1. The van der Waals surface area contributed by atoms with Gasteiger partial charge in [0.1, 0.15) is 11.5 Å². The quantitative estimate of drug-likeness (QED) is 0.210. The molecule has 0 unspecified atom stereocenters. The van der Waals surface area contributed by atoms with Gasteiger partial charge in [0, 0.05) is 39.0 Å². The first kappa shape index (κ1) is 30.8. The van der Waals surface area contributed by atoms with Crippen LogP contribution < -0.4 is 10.1 Å². The summed E-state index contributed by atoms with van der Waals surface area (Å²) in [6.45, 7) is 5.43. The molecule has 0 radical (unpaired) electrons. The number of alkyl halides is 3. The topological polar surface area (TPSA) is 85.7 Å². The standard InChI is InChI=1S/C29H33F3N4O3S2/c1-35-12-14-36(15-13-35)11-6-16-39-26-10-4-3-9-24(26)34-25(19-28(33)29(30,31)32)27-18-22(20-40-27)21-7-5-8-23(17-21)41(2,37)38/h3-5,7-10,17-20,33-34H,6,11-16H2,1-2H3/b25-19-,33-28?. The third-order valence-electron chi connectivity index (χ3n) is 6.68. The van der Waals surface area contributed by atoms with E-state index in [2.05, 4.69) is 22.2 Å². The number of benzene rings is 2. The highest BCUT2D eigenvalue weighted by molar-refractivity contribution is 7.90. The fraction of sp³-hybridized carbons (Fsp3) is 0.345. The zero-order chi connectivity index (χ0) is 29.6. The molecule has 2 aromatic carbocycles. The minimum absolute atomic E-state index is 0.0799. The number of anilines is 1. The summed E-state index contributed by atoms with van der Waals surface area (Å²) >= 11 is 1.19. The van der Waals surface area contributed by atoms with Gasteiger partial charge in [0.05, 0.1) is 27.8 Å². The molecule has 0 atom stereocenters. The number of hydrogen-bond acceptors (Lipinski definition) is 8. The Balaban J connectivity index is 1.54. The molecule has 1 aliphatic heterocycles. The van der Waals surface area contributed by atoms with Crippen molar-refractivity contribution < 1.29 is 26.3 Å². The van der Waals surface area contributed by atoms with E-state index in [0.717, 1.165) is 51.5 Å². The molecule has 3 aromatic rings. The minimum atomic E-state index is -4.82. The van der Waals surface area contributed by atoms with Gasteiger partial charge in [-0.15, -0.1) is 11.3 Å². The average Bonchev–Trinajstić information content (AvgIpc) is 3.42. The molecule has 1 aromatic heterocycles. The Morgan fingerprint density at radius 3 is 2.51 bits per heavy atom. The summed E-state index contributed by atoms with van der Waals surface area (Å²) in [5, 5.41) is 12.4. The van der Waals surface area contributed by atoms with E-state index in [0.29, 0.717) is 34.0 Å². The maximum atomic E-state index is 13.4. The van der Waals surface area contributed by atoms with Gasteiger partial charge in [0.15, 0.2) is 9.84 Å². The number of rotatable bonds is 11. The van der Waals surface area contributed by atoms with Crippen LogP contribution >= 0.6 is 11.3 Å². The van der Waals surface area contributed by atoms with Crippen molar-refractivity contribution in [1.82, 2.24) is 9.80 Å². The maximum Gasteiger partial charge on any atom is 0.432 e. The summed E-state index contributed by atoms with van der Waals surface area (Å²) in [5.41, 5.74) is 0.318. The molecule has 0 spiro atoms. The first-order valence-corrected chi connectivity index (χ1v) is 15.8. The number of piperazine rings is 1. The first-order chi connectivity index (χ1) is 19.4. The van der Waals surface area contributed by atoms with Crippen LogP contribution in [0.1, 0.15) is 11.3 Å². The van der Waals surface area contributed by atoms with Crippen molar-refractivity contribution in [3.8, 4) is 16.9 Å². The van der Waals surface area contributed by atoms with Crippen LogP contribution in [-0.4, -0.2) is 82.7 Å². The van der Waals surface area contributed by atoms with Crippen molar-refractivity contribution in [2.24, 2.45) is 0 Å². The Hall–Kier alpha value is -3.19. The van der Waals surface area contributed by atoms with Crippen LogP contribution in [0, 0.1) is 5.41 Å². The molecule has 7 nitrogen and oxygen atoms in total. The fourth-order valence-electron chi connectivity index (χ4n) is 4.31. The van der Waals surface area contributed by atoms with E-state index < -0.39 is 21.7 Å². The van der Waals surface area contributed by atoms with Gasteiger partial charge in [-0.2, -0.15) is 13.2 Å². The minimum Gasteiger partial charge on any atom is -0.491 e. The van der Waals surface area contributed by atoms with E-state index in [1.165, 1.54) is 23.5 Å². The Kier molecular flexibility index (Phi) is 9.90. The molecule has 0 amide bonds. The second kappa shape index (κ2) is 13.2. The van der Waals surface area contributed by atoms with Gasteiger partial charge in [-0.05, 0) is 66.4 Å². The zero-order valence-electron chi connectivity index (χ0n) is 22.9. The molecule has 12 heteroatoms. The van der Waals surface area contributed by atoms with Gasteiger partial charge in [0.2, 0.25) is 0 Å². The number of para-hydroxylation sites is 2. The highest BCUT2D eigenvalue weighted by Gasteiger charge is 2.33. The molecule has 2 heterocycles. The molecule has 41 heavy (non-hydrogen) atoms. The normalized spacial score (nSPS) is 15.6. The van der Waals surface area contributed by atoms with Gasteiger partial charge in [0.25, 0.3) is 0 Å². The Morgan fingerprint density at radius 1 is 1.07 bits per heavy atom. The third-order valence-corrected chi connectivity index (χ3v) is 8.76. The van der Waals surface area contributed by atoms with Gasteiger partial charge >= 0.3 is 6.18 Å². The van der Waals surface area contributed by atoms with Gasteiger partial charge in [-0.25, -0.2) is 8.42 Å². The number of ether oxygens (including phenoxy) is 1. The van der Waals surface area contributed by atoms with Crippen molar-refractivity contribution in [2.75, 3.05) is 58.0 Å². The maximum absolute atomic E-state index is 13.4. The van der Waals surface area contributed by atoms with Crippen LogP contribution in [-0.2, 0) is 9.84 Å². The van der Waals surface area contributed by atoms with Crippen LogP contribution in [0.5, 0.6) is 5.75 Å². The van der Waals surface area contributed by atoms with Crippen molar-refractivity contribution in [2.45, 2.75) is 17.5 Å². The Labute approximate surface area is 242 Å². The summed E-state index contributed by atoms with van der Waals surface area (Å²) in [6.07, 6.45) is -2.15. The van der Waals surface area contributed by atoms with E-state index in [1.807, 2.05) is 0 Å². The highest BCUT2D eigenvalue weighted by atomic mass is 32.2. The predicted molar refractivity (Wildman–Crippen MR) is 159 cm³/mol. The molecule has 1 aliphatic rings. The molecule has 0 saturated carbocycles. The number of hydrogen-bond donors (Lipinski definition) is 2. The molecule has 220 valence electrons. The highest BCUT2D eigenvalue weighted by Crippen LogP contribution is 2.34. The molecule has 1 fully saturated rings. The molecular formula is C29H33F3N4O3S2. The van der Waals surface area contributed by atoms with Crippen LogP contribution in [0.15, 0.2) is 70.9 Å². The van der Waals surface area contributed by atoms with Crippen molar-refractivity contribution in [3.05, 3.63) is 70.9 Å². The lowest BCUT2D eigenvalue weighted by atomic mass is 10.1. The third kappa shape index (κ3) is 8.65. The molecule has 2 N–H and O–H groups in total. The number of halogens is 3. The number of allylic oxidation sites excluding steroid dienone is 1. The summed E-state index contributed by atoms with van der Waals surface area (Å²) < 4.78 is 70.1. The first-order valence-electron chi connectivity index (χ1n) is 13.1. The fourth-order valence-corrected chi connectivity index (χ4v) is 5.87. The summed E-state index contributed by atoms with van der Waals surface area (Å²) in [5.74, 6) is 0.493. The van der Waals surface area contributed by atoms with E-state index in [1.54, 1.807) is 47.8 Å². The Bertz CT molecular complexity index is 1490. The second-order valence-corrected chi connectivity index (χ2v) is 12.9. The monoisotopic (exact) mass is 606 g/mol. The van der Waals surface area contributed by atoms with Gasteiger partial charge in [-0.1, -0.05) is 24.3 Å². The molecule has 0 bridgehead atoms. The molecule has 4 rings (SSSR count). The average molecular weight is 607 g/mol. The summed E-state index contributed by atoms with van der Waals surface area (Å²) in [7, 11) is -1.32. The Morgan fingerprint density at radius 2 is 1.80 bits per heavy atom. The van der Waals surface area contributed by atoms with Crippen LogP contribution in [0.3, 0.4) is 0 Å². The number of nitrogens with zero attached hydrogens (tertiary/aromatic N) is 2. The van der Waals surface area contributed by atoms with E-state index >= 15 is 0 Å². The van der Waals surface area contributed by atoms with E-state index in [4.69, 9.17) is 10.1 Å². The van der Waals surface area contributed by atoms with Crippen LogP contribution in [0.4, 0.5) is 18.9 Å². The largest absolute Gasteiger partial charge is 0.491 e. The van der Waals surface area contributed by atoms with Gasteiger partial charge < -0.3 is 19.9 Å². The lowest BCUT2D eigenvalue weighted by Crippen LogP contribution is -2.44. The van der Waals surface area contributed by atoms with Crippen molar-refractivity contribution >= 4 is 38.3 Å². The predicted octanol–water partition coefficient (Wildman–Crippen LogP) is 5.87. The van der Waals surface area contributed by atoms with Crippen molar-refractivity contribution in [3.63, 3.8) is 0 Å². The number of sulfone groups is 1. The zero-order valence-corrected chi connectivity index (χ0v) is 24.5. The van der Waals surface area contributed by atoms with E-state index in [9.17, 15) is 21.6 Å². The summed E-state index contributed by atoms with van der Waals surface area (Å²) in [4.78, 5) is 5.27. The number of likely N-dealkylation sites (N-methyl/N-ethyl adjacent to an activating group) is 1. The van der Waals surface area contributed by atoms with Crippen molar-refractivity contribution in [1.29, 1.82) is 5.41 Å². The molecular weight excluding hydrogens is 573 g/mol. The molecule has 1 saturated heterocycles. The molecule has 0 aliphatic carbocycles. The van der Waals surface area contributed by atoms with Gasteiger partial charge in [-0.3, -0.25) is 5.41 Å². The van der Waals surface area contributed by atoms with Crippen LogP contribution in [0.25, 0.3) is 16.8 Å². The van der Waals surface area contributed by atoms with E-state index in [-0.39, 0.29) is 10.6 Å². The van der Waals surface area contributed by atoms with Crippen LogP contribution in [0.2, 0.25) is 0 Å². The SMILES string of the molecule is CN1CCN(CCCOc2ccccc2N/C(=C\C(=N)C(F)(F)F)c2cc(-c3cccc(S(C)(=O)=O)c3)cs2)CC1.